The molecule has 7 heteroatoms. The van der Waals surface area contributed by atoms with E-state index in [0.717, 1.165) is 12.8 Å². The Hall–Kier alpha value is -1.18. The van der Waals surface area contributed by atoms with Gasteiger partial charge in [0.2, 0.25) is 10.0 Å². The first-order chi connectivity index (χ1) is 9.45. The van der Waals surface area contributed by atoms with Gasteiger partial charge in [0.05, 0.1) is 0 Å². The molecule has 0 amide bonds. The molecular formula is C13H16N2O3S2. The van der Waals surface area contributed by atoms with Crippen molar-refractivity contribution in [2.75, 3.05) is 6.54 Å². The minimum absolute atomic E-state index is 0.0137. The SMILES string of the molecule is Cc1noc(C)c1S(=O)(=O)NCC1(c2cccs2)CC1. The van der Waals surface area contributed by atoms with Gasteiger partial charge in [-0.25, -0.2) is 13.1 Å². The fourth-order valence-corrected chi connectivity index (χ4v) is 4.84. The molecule has 20 heavy (non-hydrogen) atoms. The highest BCUT2D eigenvalue weighted by Crippen LogP contribution is 2.49. The summed E-state index contributed by atoms with van der Waals surface area (Å²) in [6, 6.07) is 4.07. The number of thiophene rings is 1. The van der Waals surface area contributed by atoms with Gasteiger partial charge in [0.15, 0.2) is 5.76 Å². The molecule has 0 aliphatic heterocycles. The molecule has 5 nitrogen and oxygen atoms in total. The minimum atomic E-state index is -3.56. The Morgan fingerprint density at radius 2 is 2.20 bits per heavy atom. The van der Waals surface area contributed by atoms with Gasteiger partial charge in [-0.1, -0.05) is 11.2 Å². The third-order valence-corrected chi connectivity index (χ3v) is 6.50. The molecule has 3 rings (SSSR count). The van der Waals surface area contributed by atoms with Gasteiger partial charge in [0, 0.05) is 16.8 Å². The highest BCUT2D eigenvalue weighted by molar-refractivity contribution is 7.89. The number of hydrogen-bond acceptors (Lipinski definition) is 5. The lowest BCUT2D eigenvalue weighted by molar-refractivity contribution is 0.390. The standard InChI is InChI=1S/C13H16N2O3S2/c1-9-12(10(2)18-15-9)20(16,17)14-8-13(5-6-13)11-4-3-7-19-11/h3-4,7,14H,5-6,8H2,1-2H3. The number of aromatic nitrogens is 1. The van der Waals surface area contributed by atoms with Crippen LogP contribution in [0.1, 0.15) is 29.2 Å². The Morgan fingerprint density at radius 3 is 2.70 bits per heavy atom. The van der Waals surface area contributed by atoms with Gasteiger partial charge in [-0.3, -0.25) is 0 Å². The number of nitrogens with one attached hydrogen (secondary N) is 1. The van der Waals surface area contributed by atoms with Crippen LogP contribution in [-0.4, -0.2) is 20.1 Å². The van der Waals surface area contributed by atoms with Crippen LogP contribution in [0.4, 0.5) is 0 Å². The van der Waals surface area contributed by atoms with Crippen LogP contribution in [0.25, 0.3) is 0 Å². The van der Waals surface area contributed by atoms with E-state index in [1.54, 1.807) is 25.2 Å². The van der Waals surface area contributed by atoms with Crippen molar-refractivity contribution in [2.45, 2.75) is 37.0 Å². The van der Waals surface area contributed by atoms with Crippen molar-refractivity contribution in [3.8, 4) is 0 Å². The molecule has 0 bridgehead atoms. The van der Waals surface area contributed by atoms with Crippen LogP contribution in [0.2, 0.25) is 0 Å². The molecule has 0 atom stereocenters. The van der Waals surface area contributed by atoms with Crippen molar-refractivity contribution in [2.24, 2.45) is 0 Å². The van der Waals surface area contributed by atoms with Crippen molar-refractivity contribution < 1.29 is 12.9 Å². The van der Waals surface area contributed by atoms with Gasteiger partial charge >= 0.3 is 0 Å². The molecule has 0 spiro atoms. The lowest BCUT2D eigenvalue weighted by atomic mass is 10.1. The Morgan fingerprint density at radius 1 is 1.45 bits per heavy atom. The molecule has 2 aromatic heterocycles. The van der Waals surface area contributed by atoms with Crippen molar-refractivity contribution >= 4 is 21.4 Å². The second-order valence-corrected chi connectivity index (χ2v) is 7.89. The van der Waals surface area contributed by atoms with E-state index in [2.05, 4.69) is 15.9 Å². The minimum Gasteiger partial charge on any atom is -0.360 e. The van der Waals surface area contributed by atoms with Gasteiger partial charge < -0.3 is 4.52 Å². The number of nitrogens with zero attached hydrogens (tertiary/aromatic N) is 1. The van der Waals surface area contributed by atoms with Crippen LogP contribution in [0, 0.1) is 13.8 Å². The molecule has 0 aromatic carbocycles. The number of rotatable bonds is 5. The molecule has 108 valence electrons. The third kappa shape index (κ3) is 2.30. The highest BCUT2D eigenvalue weighted by atomic mass is 32.2. The maximum atomic E-state index is 12.4. The van der Waals surface area contributed by atoms with Gasteiger partial charge in [-0.05, 0) is 38.1 Å². The molecule has 0 radical (unpaired) electrons. The maximum Gasteiger partial charge on any atom is 0.245 e. The Kier molecular flexibility index (Phi) is 3.23. The first-order valence-corrected chi connectivity index (χ1v) is 8.77. The number of aryl methyl sites for hydroxylation is 2. The Balaban J connectivity index is 1.79. The molecule has 1 saturated carbocycles. The van der Waals surface area contributed by atoms with Crippen molar-refractivity contribution in [3.05, 3.63) is 33.8 Å². The molecule has 1 aliphatic carbocycles. The molecule has 1 aliphatic rings. The normalized spacial score (nSPS) is 17.3. The van der Waals surface area contributed by atoms with Crippen LogP contribution in [0.15, 0.2) is 26.9 Å². The number of hydrogen-bond donors (Lipinski definition) is 1. The topological polar surface area (TPSA) is 72.2 Å². The zero-order chi connectivity index (χ0) is 14.4. The molecule has 0 saturated heterocycles. The van der Waals surface area contributed by atoms with Crippen LogP contribution < -0.4 is 4.72 Å². The quantitative estimate of drug-likeness (QED) is 0.920. The molecule has 2 heterocycles. The fourth-order valence-electron chi connectivity index (χ4n) is 2.41. The zero-order valence-electron chi connectivity index (χ0n) is 11.3. The second kappa shape index (κ2) is 4.68. The van der Waals surface area contributed by atoms with E-state index in [-0.39, 0.29) is 10.3 Å². The Labute approximate surface area is 122 Å². The van der Waals surface area contributed by atoms with Crippen LogP contribution >= 0.6 is 11.3 Å². The van der Waals surface area contributed by atoms with Gasteiger partial charge in [-0.2, -0.15) is 0 Å². The molecular weight excluding hydrogens is 296 g/mol. The molecule has 1 fully saturated rings. The van der Waals surface area contributed by atoms with Crippen molar-refractivity contribution in [1.82, 2.24) is 9.88 Å². The van der Waals surface area contributed by atoms with E-state index < -0.39 is 10.0 Å². The number of sulfonamides is 1. The fraction of sp³-hybridized carbons (Fsp3) is 0.462. The summed E-state index contributed by atoms with van der Waals surface area (Å²) >= 11 is 1.68. The average molecular weight is 312 g/mol. The zero-order valence-corrected chi connectivity index (χ0v) is 13.0. The summed E-state index contributed by atoms with van der Waals surface area (Å²) < 4.78 is 32.4. The van der Waals surface area contributed by atoms with E-state index >= 15 is 0 Å². The summed E-state index contributed by atoms with van der Waals surface area (Å²) in [5.74, 6) is 0.330. The maximum absolute atomic E-state index is 12.4. The second-order valence-electron chi connectivity index (χ2n) is 5.24. The molecule has 1 N–H and O–H groups in total. The summed E-state index contributed by atoms with van der Waals surface area (Å²) in [7, 11) is -3.56. The van der Waals surface area contributed by atoms with E-state index in [1.807, 2.05) is 11.4 Å². The first-order valence-electron chi connectivity index (χ1n) is 6.41. The van der Waals surface area contributed by atoms with Crippen LogP contribution in [-0.2, 0) is 15.4 Å². The predicted octanol–water partition coefficient (Wildman–Crippen LogP) is 2.36. The van der Waals surface area contributed by atoms with E-state index in [0.29, 0.717) is 18.0 Å². The van der Waals surface area contributed by atoms with Crippen molar-refractivity contribution in [1.29, 1.82) is 0 Å². The predicted molar refractivity (Wildman–Crippen MR) is 76.4 cm³/mol. The van der Waals surface area contributed by atoms with Crippen molar-refractivity contribution in [3.63, 3.8) is 0 Å². The van der Waals surface area contributed by atoms with E-state index in [1.165, 1.54) is 4.88 Å². The lowest BCUT2D eigenvalue weighted by Gasteiger charge is -2.14. The summed E-state index contributed by atoms with van der Waals surface area (Å²) in [5.41, 5.74) is 0.385. The summed E-state index contributed by atoms with van der Waals surface area (Å²) in [5, 5.41) is 5.73. The first kappa shape index (κ1) is 13.8. The van der Waals surface area contributed by atoms with Gasteiger partial charge in [-0.15, -0.1) is 11.3 Å². The average Bonchev–Trinajstić information content (AvgIpc) is 2.82. The summed E-state index contributed by atoms with van der Waals surface area (Å²) in [6.45, 7) is 3.68. The van der Waals surface area contributed by atoms with E-state index in [9.17, 15) is 8.42 Å². The van der Waals surface area contributed by atoms with E-state index in [4.69, 9.17) is 4.52 Å². The van der Waals surface area contributed by atoms with Crippen LogP contribution in [0.5, 0.6) is 0 Å². The monoisotopic (exact) mass is 312 g/mol. The Bertz CT molecular complexity index is 693. The largest absolute Gasteiger partial charge is 0.360 e. The molecule has 0 unspecified atom stereocenters. The smallest absolute Gasteiger partial charge is 0.245 e. The van der Waals surface area contributed by atoms with Crippen LogP contribution in [0.3, 0.4) is 0 Å². The highest BCUT2D eigenvalue weighted by Gasteiger charge is 2.46. The van der Waals surface area contributed by atoms with Gasteiger partial charge in [0.25, 0.3) is 0 Å². The third-order valence-electron chi connectivity index (χ3n) is 3.73. The summed E-state index contributed by atoms with van der Waals surface area (Å²) in [6.07, 6.45) is 2.05. The lowest BCUT2D eigenvalue weighted by Crippen LogP contribution is -2.32. The summed E-state index contributed by atoms with van der Waals surface area (Å²) in [4.78, 5) is 1.42. The van der Waals surface area contributed by atoms with Gasteiger partial charge in [0.1, 0.15) is 10.6 Å². The molecule has 2 aromatic rings.